The fraction of sp³-hybridized carbons (Fsp3) is 0.300. The number of hydrogen-bond donors (Lipinski definition) is 0. The number of imide groups is 1. The maximum absolute atomic E-state index is 15.5. The van der Waals surface area contributed by atoms with Crippen LogP contribution in [-0.2, 0) is 14.6 Å². The van der Waals surface area contributed by atoms with Crippen molar-refractivity contribution in [1.82, 2.24) is 4.90 Å². The van der Waals surface area contributed by atoms with Crippen molar-refractivity contribution in [3.05, 3.63) is 65.7 Å². The van der Waals surface area contributed by atoms with Crippen molar-refractivity contribution in [1.29, 1.82) is 0 Å². The van der Waals surface area contributed by atoms with E-state index in [1.165, 1.54) is 63.2 Å². The molecule has 154 valence electrons. The van der Waals surface area contributed by atoms with Crippen LogP contribution in [0.3, 0.4) is 0 Å². The third kappa shape index (κ3) is 3.50. The molecule has 29 heavy (non-hydrogen) atoms. The van der Waals surface area contributed by atoms with Gasteiger partial charge in [-0.25, -0.2) is 18.1 Å². The quantitative estimate of drug-likeness (QED) is 0.740. The number of sulfone groups is 1. The molecule has 0 bridgehead atoms. The van der Waals surface area contributed by atoms with Gasteiger partial charge in [-0.3, -0.25) is 4.79 Å². The van der Waals surface area contributed by atoms with Crippen LogP contribution in [0.1, 0.15) is 42.7 Å². The first-order valence-corrected chi connectivity index (χ1v) is 10.2. The van der Waals surface area contributed by atoms with Crippen molar-refractivity contribution < 1.29 is 31.5 Å². The lowest BCUT2D eigenvalue weighted by Gasteiger charge is -2.31. The van der Waals surface area contributed by atoms with Gasteiger partial charge in [0.15, 0.2) is 0 Å². The molecule has 2 amide bonds. The molecule has 9 heteroatoms. The molecule has 0 unspecified atom stereocenters. The van der Waals surface area contributed by atoms with Gasteiger partial charge in [0.2, 0.25) is 9.84 Å². The Bertz CT molecular complexity index is 1060. The zero-order valence-electron chi connectivity index (χ0n) is 15.9. The van der Waals surface area contributed by atoms with Gasteiger partial charge < -0.3 is 4.74 Å². The average molecular weight is 423 g/mol. The Morgan fingerprint density at radius 2 is 1.55 bits per heavy atom. The van der Waals surface area contributed by atoms with E-state index in [0.717, 1.165) is 12.1 Å². The third-order valence-electron chi connectivity index (χ3n) is 4.28. The van der Waals surface area contributed by atoms with E-state index in [-0.39, 0.29) is 16.0 Å². The number of rotatable bonds is 3. The molecule has 0 saturated heterocycles. The molecule has 1 aliphatic heterocycles. The first-order chi connectivity index (χ1) is 13.4. The molecule has 1 heterocycles. The zero-order valence-corrected chi connectivity index (χ0v) is 16.7. The molecule has 6 nitrogen and oxygen atoms in total. The van der Waals surface area contributed by atoms with Gasteiger partial charge in [0.25, 0.3) is 5.91 Å². The van der Waals surface area contributed by atoms with Crippen LogP contribution < -0.4 is 0 Å². The summed E-state index contributed by atoms with van der Waals surface area (Å²) in [5.41, 5.74) is -1.51. The van der Waals surface area contributed by atoms with Crippen LogP contribution in [-0.4, -0.2) is 36.2 Å². The summed E-state index contributed by atoms with van der Waals surface area (Å²) in [7, 11) is -5.23. The van der Waals surface area contributed by atoms with Crippen molar-refractivity contribution in [2.24, 2.45) is 0 Å². The van der Waals surface area contributed by atoms with Crippen molar-refractivity contribution in [3.63, 3.8) is 0 Å². The van der Waals surface area contributed by atoms with E-state index in [2.05, 4.69) is 0 Å². The van der Waals surface area contributed by atoms with Crippen molar-refractivity contribution in [3.8, 4) is 0 Å². The van der Waals surface area contributed by atoms with E-state index in [4.69, 9.17) is 4.74 Å². The highest BCUT2D eigenvalue weighted by Gasteiger charge is 2.62. The first kappa shape index (κ1) is 20.9. The number of fused-ring (bicyclic) bond motifs is 1. The third-order valence-corrected chi connectivity index (χ3v) is 6.12. The highest BCUT2D eigenvalue weighted by atomic mass is 32.2. The number of carbonyl (C=O) groups is 2. The largest absolute Gasteiger partial charge is 0.443 e. The summed E-state index contributed by atoms with van der Waals surface area (Å²) in [6.45, 7) is 4.52. The van der Waals surface area contributed by atoms with Gasteiger partial charge >= 0.3 is 11.3 Å². The number of amides is 2. The van der Waals surface area contributed by atoms with Crippen LogP contribution in [0.4, 0.5) is 13.6 Å². The van der Waals surface area contributed by atoms with Crippen molar-refractivity contribution in [2.45, 2.75) is 42.6 Å². The first-order valence-electron chi connectivity index (χ1n) is 8.71. The Morgan fingerprint density at radius 3 is 2.14 bits per heavy atom. The topological polar surface area (TPSA) is 80.8 Å². The maximum atomic E-state index is 15.5. The van der Waals surface area contributed by atoms with Crippen LogP contribution >= 0.6 is 0 Å². The normalized spacial score (nSPS) is 17.2. The van der Waals surface area contributed by atoms with E-state index in [0.29, 0.717) is 0 Å². The minimum absolute atomic E-state index is 0.175. The number of alkyl halides is 2. The van der Waals surface area contributed by atoms with E-state index in [1.54, 1.807) is 0 Å². The predicted molar refractivity (Wildman–Crippen MR) is 100 cm³/mol. The van der Waals surface area contributed by atoms with Gasteiger partial charge in [-0.05, 0) is 44.5 Å². The number of benzene rings is 2. The number of carbonyl (C=O) groups excluding carboxylic acids is 2. The Morgan fingerprint density at radius 1 is 1.00 bits per heavy atom. The molecular weight excluding hydrogens is 404 g/mol. The molecule has 1 aliphatic rings. The predicted octanol–water partition coefficient (Wildman–Crippen LogP) is 4.19. The molecule has 0 radical (unpaired) electrons. The summed E-state index contributed by atoms with van der Waals surface area (Å²) >= 11 is 0. The molecule has 0 spiro atoms. The Kier molecular flexibility index (Phi) is 4.98. The van der Waals surface area contributed by atoms with Crippen molar-refractivity contribution in [2.75, 3.05) is 0 Å². The van der Waals surface area contributed by atoms with Crippen LogP contribution in [0.5, 0.6) is 0 Å². The maximum Gasteiger partial charge on any atom is 0.418 e. The summed E-state index contributed by atoms with van der Waals surface area (Å²) in [4.78, 5) is 24.9. The lowest BCUT2D eigenvalue weighted by atomic mass is 10.1. The van der Waals surface area contributed by atoms with Crippen LogP contribution in [0, 0.1) is 0 Å². The SMILES string of the molecule is CC(C)(C)OC(=O)N1C(=O)c2ccccc2[C@H]1C(F)(F)S(=O)(=O)c1ccccc1. The number of hydrogen-bond acceptors (Lipinski definition) is 5. The molecule has 3 rings (SSSR count). The molecule has 0 fully saturated rings. The van der Waals surface area contributed by atoms with E-state index in [9.17, 15) is 18.0 Å². The number of halogens is 2. The average Bonchev–Trinajstić information content (AvgIpc) is 2.94. The highest BCUT2D eigenvalue weighted by Crippen LogP contribution is 2.48. The Balaban J connectivity index is 2.17. The van der Waals surface area contributed by atoms with E-state index < -0.39 is 43.6 Å². The smallest absolute Gasteiger partial charge is 0.418 e. The van der Waals surface area contributed by atoms with Crippen LogP contribution in [0.15, 0.2) is 59.5 Å². The number of ether oxygens (including phenoxy) is 1. The molecule has 2 aromatic rings. The molecule has 0 aliphatic carbocycles. The Hall–Kier alpha value is -2.81. The van der Waals surface area contributed by atoms with Gasteiger partial charge in [0.05, 0.1) is 4.90 Å². The fourth-order valence-corrected chi connectivity index (χ4v) is 4.41. The zero-order chi connectivity index (χ0) is 21.6. The summed E-state index contributed by atoms with van der Waals surface area (Å²) in [5.74, 6) is -1.04. The molecule has 0 N–H and O–H groups in total. The van der Waals surface area contributed by atoms with Crippen LogP contribution in [0.25, 0.3) is 0 Å². The highest BCUT2D eigenvalue weighted by molar-refractivity contribution is 7.92. The number of nitrogens with zero attached hydrogens (tertiary/aromatic N) is 1. The Labute approximate surface area is 167 Å². The lowest BCUT2D eigenvalue weighted by molar-refractivity contribution is -0.0222. The van der Waals surface area contributed by atoms with Crippen LogP contribution in [0.2, 0.25) is 0 Å². The van der Waals surface area contributed by atoms with Gasteiger partial charge in [0, 0.05) is 5.56 Å². The van der Waals surface area contributed by atoms with E-state index in [1.807, 2.05) is 0 Å². The summed E-state index contributed by atoms with van der Waals surface area (Å²) < 4.78 is 61.6. The molecule has 0 aromatic heterocycles. The minimum atomic E-state index is -5.23. The summed E-state index contributed by atoms with van der Waals surface area (Å²) in [6.07, 6.45) is -1.34. The van der Waals surface area contributed by atoms with Gasteiger partial charge in [-0.2, -0.15) is 8.78 Å². The van der Waals surface area contributed by atoms with Crippen molar-refractivity contribution >= 4 is 21.8 Å². The second-order valence-electron chi connectivity index (χ2n) is 7.52. The van der Waals surface area contributed by atoms with Gasteiger partial charge in [0.1, 0.15) is 11.6 Å². The lowest BCUT2D eigenvalue weighted by Crippen LogP contribution is -2.48. The summed E-state index contributed by atoms with van der Waals surface area (Å²) in [6, 6.07) is 9.11. The standard InChI is InChI=1S/C20H19F2NO5S/c1-19(2,3)28-18(25)23-16(14-11-7-8-12-15(14)17(23)24)20(21,22)29(26,27)13-9-5-4-6-10-13/h4-12,16H,1-3H3/t16-/m0/s1. The van der Waals surface area contributed by atoms with Gasteiger partial charge in [-0.15, -0.1) is 0 Å². The molecule has 2 aromatic carbocycles. The summed E-state index contributed by atoms with van der Waals surface area (Å²) in [5, 5.41) is -4.49. The molecular formula is C20H19F2NO5S. The molecule has 1 atom stereocenters. The fourth-order valence-electron chi connectivity index (χ4n) is 3.05. The van der Waals surface area contributed by atoms with E-state index >= 15 is 8.78 Å². The second-order valence-corrected chi connectivity index (χ2v) is 9.55. The molecule has 0 saturated carbocycles. The second kappa shape index (κ2) is 6.91. The minimum Gasteiger partial charge on any atom is -0.443 e. The van der Waals surface area contributed by atoms with Gasteiger partial charge in [-0.1, -0.05) is 36.4 Å². The monoisotopic (exact) mass is 423 g/mol.